The molecule has 0 aliphatic carbocycles. The number of carbonyl (C=O) groups excluding carboxylic acids is 1. The summed E-state index contributed by atoms with van der Waals surface area (Å²) in [7, 11) is 0. The van der Waals surface area contributed by atoms with Crippen LogP contribution in [0.15, 0.2) is 48.5 Å². The number of amides is 2. The number of hydrogen-bond acceptors (Lipinski definition) is 1. The number of urea groups is 1. The van der Waals surface area contributed by atoms with Gasteiger partial charge in [-0.1, -0.05) is 11.8 Å². The van der Waals surface area contributed by atoms with Crippen LogP contribution in [-0.2, 0) is 0 Å². The monoisotopic (exact) mass is 286 g/mol. The summed E-state index contributed by atoms with van der Waals surface area (Å²) in [6.45, 7) is 0.143. The molecule has 2 aromatic carbocycles. The van der Waals surface area contributed by atoms with Crippen molar-refractivity contribution in [3.63, 3.8) is 0 Å². The summed E-state index contributed by atoms with van der Waals surface area (Å²) in [5.41, 5.74) is 1.15. The highest BCUT2D eigenvalue weighted by Crippen LogP contribution is 2.07. The van der Waals surface area contributed by atoms with Gasteiger partial charge in [0.1, 0.15) is 11.6 Å². The van der Waals surface area contributed by atoms with Gasteiger partial charge in [0, 0.05) is 11.3 Å². The van der Waals surface area contributed by atoms with Crippen LogP contribution in [0.1, 0.15) is 5.56 Å². The minimum Gasteiger partial charge on any atom is -0.327 e. The Morgan fingerprint density at radius 3 is 2.14 bits per heavy atom. The average molecular weight is 286 g/mol. The Hall–Kier alpha value is -2.87. The van der Waals surface area contributed by atoms with Crippen LogP contribution < -0.4 is 10.6 Å². The van der Waals surface area contributed by atoms with Gasteiger partial charge < -0.3 is 10.6 Å². The van der Waals surface area contributed by atoms with Gasteiger partial charge in [-0.25, -0.2) is 13.6 Å². The van der Waals surface area contributed by atoms with Gasteiger partial charge in [-0.05, 0) is 48.5 Å². The van der Waals surface area contributed by atoms with Gasteiger partial charge in [0.15, 0.2) is 0 Å². The highest BCUT2D eigenvalue weighted by atomic mass is 19.1. The molecule has 0 aliphatic heterocycles. The number of halogens is 2. The Morgan fingerprint density at radius 2 is 1.52 bits per heavy atom. The Morgan fingerprint density at radius 1 is 0.952 bits per heavy atom. The van der Waals surface area contributed by atoms with Gasteiger partial charge in [-0.2, -0.15) is 0 Å². The molecule has 0 radical (unpaired) electrons. The van der Waals surface area contributed by atoms with E-state index in [2.05, 4.69) is 22.5 Å². The molecule has 0 aromatic heterocycles. The van der Waals surface area contributed by atoms with E-state index in [1.165, 1.54) is 36.4 Å². The zero-order valence-corrected chi connectivity index (χ0v) is 11.0. The molecule has 21 heavy (non-hydrogen) atoms. The maximum atomic E-state index is 12.7. The lowest BCUT2D eigenvalue weighted by molar-refractivity contribution is 0.253. The van der Waals surface area contributed by atoms with Gasteiger partial charge in [0.2, 0.25) is 0 Å². The Kier molecular flexibility index (Phi) is 4.89. The molecule has 0 spiro atoms. The van der Waals surface area contributed by atoms with E-state index in [1.54, 1.807) is 12.1 Å². The predicted octanol–water partition coefficient (Wildman–Crippen LogP) is 3.14. The number of rotatable bonds is 2. The lowest BCUT2D eigenvalue weighted by atomic mass is 10.2. The van der Waals surface area contributed by atoms with Crippen LogP contribution in [-0.4, -0.2) is 12.6 Å². The van der Waals surface area contributed by atoms with E-state index in [1.807, 2.05) is 0 Å². The summed E-state index contributed by atoms with van der Waals surface area (Å²) in [6.07, 6.45) is 0. The van der Waals surface area contributed by atoms with Gasteiger partial charge in [-0.15, -0.1) is 0 Å². The standard InChI is InChI=1S/C16H12F2N2O/c17-13-5-3-12(4-6-13)2-1-11-19-16(21)20-15-9-7-14(18)8-10-15/h3-10H,11H2,(H2,19,20,21). The number of nitrogens with one attached hydrogen (secondary N) is 2. The lowest BCUT2D eigenvalue weighted by Gasteiger charge is -2.04. The fourth-order valence-electron chi connectivity index (χ4n) is 1.51. The molecule has 2 rings (SSSR count). The van der Waals surface area contributed by atoms with Crippen molar-refractivity contribution in [3.8, 4) is 11.8 Å². The molecule has 2 amide bonds. The SMILES string of the molecule is O=C(NCC#Cc1ccc(F)cc1)Nc1ccc(F)cc1. The zero-order chi connectivity index (χ0) is 15.1. The second-order valence-corrected chi connectivity index (χ2v) is 4.12. The first-order valence-electron chi connectivity index (χ1n) is 6.18. The smallest absolute Gasteiger partial charge is 0.319 e. The van der Waals surface area contributed by atoms with Gasteiger partial charge in [0.25, 0.3) is 0 Å². The van der Waals surface area contributed by atoms with Crippen LogP contribution >= 0.6 is 0 Å². The molecule has 5 heteroatoms. The average Bonchev–Trinajstić information content (AvgIpc) is 2.48. The fourth-order valence-corrected chi connectivity index (χ4v) is 1.51. The Bertz CT molecular complexity index is 670. The van der Waals surface area contributed by atoms with Crippen LogP contribution in [0.2, 0.25) is 0 Å². The summed E-state index contributed by atoms with van der Waals surface area (Å²) in [5.74, 6) is 4.84. The van der Waals surface area contributed by atoms with Crippen molar-refractivity contribution < 1.29 is 13.6 Å². The summed E-state index contributed by atoms with van der Waals surface area (Å²) in [6, 6.07) is 10.7. The molecule has 0 aliphatic rings. The van der Waals surface area contributed by atoms with E-state index in [-0.39, 0.29) is 18.2 Å². The second kappa shape index (κ2) is 7.06. The largest absolute Gasteiger partial charge is 0.327 e. The third-order valence-electron chi connectivity index (χ3n) is 2.52. The molecular formula is C16H12F2N2O. The topological polar surface area (TPSA) is 41.1 Å². The van der Waals surface area contributed by atoms with Crippen LogP contribution in [0, 0.1) is 23.5 Å². The Balaban J connectivity index is 1.79. The molecule has 3 nitrogen and oxygen atoms in total. The predicted molar refractivity (Wildman–Crippen MR) is 76.7 cm³/mol. The normalized spacial score (nSPS) is 9.43. The van der Waals surface area contributed by atoms with Gasteiger partial charge in [-0.3, -0.25) is 0 Å². The third-order valence-corrected chi connectivity index (χ3v) is 2.52. The van der Waals surface area contributed by atoms with Crippen LogP contribution in [0.3, 0.4) is 0 Å². The highest BCUT2D eigenvalue weighted by Gasteiger charge is 1.99. The number of benzene rings is 2. The second-order valence-electron chi connectivity index (χ2n) is 4.12. The van der Waals surface area contributed by atoms with Gasteiger partial charge >= 0.3 is 6.03 Å². The van der Waals surface area contributed by atoms with Crippen LogP contribution in [0.4, 0.5) is 19.3 Å². The molecule has 0 unspecified atom stereocenters. The molecule has 0 heterocycles. The van der Waals surface area contributed by atoms with E-state index >= 15 is 0 Å². The Labute approximate surface area is 121 Å². The lowest BCUT2D eigenvalue weighted by Crippen LogP contribution is -2.28. The number of carbonyl (C=O) groups is 1. The molecule has 2 N–H and O–H groups in total. The van der Waals surface area contributed by atoms with E-state index in [9.17, 15) is 13.6 Å². The van der Waals surface area contributed by atoms with Crippen molar-refractivity contribution in [1.82, 2.24) is 5.32 Å². The minimum absolute atomic E-state index is 0.143. The highest BCUT2D eigenvalue weighted by molar-refractivity contribution is 5.89. The molecule has 0 fully saturated rings. The van der Waals surface area contributed by atoms with Crippen LogP contribution in [0.5, 0.6) is 0 Å². The maximum absolute atomic E-state index is 12.7. The molecule has 2 aromatic rings. The van der Waals surface area contributed by atoms with E-state index in [0.717, 1.165) is 0 Å². The van der Waals surface area contributed by atoms with E-state index in [0.29, 0.717) is 11.3 Å². The molecular weight excluding hydrogens is 274 g/mol. The number of anilines is 1. The number of hydrogen-bond donors (Lipinski definition) is 2. The van der Waals surface area contributed by atoms with Crippen LogP contribution in [0.25, 0.3) is 0 Å². The van der Waals surface area contributed by atoms with Crippen molar-refractivity contribution in [2.75, 3.05) is 11.9 Å². The van der Waals surface area contributed by atoms with Crippen molar-refractivity contribution in [2.24, 2.45) is 0 Å². The molecule has 0 saturated heterocycles. The first-order chi connectivity index (χ1) is 10.1. The molecule has 106 valence electrons. The summed E-state index contributed by atoms with van der Waals surface area (Å²) in [5, 5.41) is 5.08. The van der Waals surface area contributed by atoms with Crippen molar-refractivity contribution >= 4 is 11.7 Å². The van der Waals surface area contributed by atoms with E-state index < -0.39 is 6.03 Å². The first-order valence-corrected chi connectivity index (χ1v) is 6.18. The molecule has 0 bridgehead atoms. The molecule has 0 saturated carbocycles. The summed E-state index contributed by atoms with van der Waals surface area (Å²) < 4.78 is 25.4. The van der Waals surface area contributed by atoms with Crippen molar-refractivity contribution in [3.05, 3.63) is 65.7 Å². The van der Waals surface area contributed by atoms with E-state index in [4.69, 9.17) is 0 Å². The third kappa shape index (κ3) is 4.96. The quantitative estimate of drug-likeness (QED) is 0.818. The first kappa shape index (κ1) is 14.5. The minimum atomic E-state index is -0.435. The molecule has 0 atom stereocenters. The van der Waals surface area contributed by atoms with Gasteiger partial charge in [0.05, 0.1) is 6.54 Å². The summed E-state index contributed by atoms with van der Waals surface area (Å²) >= 11 is 0. The van der Waals surface area contributed by atoms with Crippen molar-refractivity contribution in [2.45, 2.75) is 0 Å². The maximum Gasteiger partial charge on any atom is 0.319 e. The zero-order valence-electron chi connectivity index (χ0n) is 11.0. The van der Waals surface area contributed by atoms with Crippen molar-refractivity contribution in [1.29, 1.82) is 0 Å². The fraction of sp³-hybridized carbons (Fsp3) is 0.0625. The summed E-state index contributed by atoms with van der Waals surface area (Å²) in [4.78, 5) is 11.5.